The van der Waals surface area contributed by atoms with Crippen molar-refractivity contribution in [3.8, 4) is 11.1 Å². The van der Waals surface area contributed by atoms with E-state index in [9.17, 15) is 14.4 Å². The molecule has 6 heteroatoms. The summed E-state index contributed by atoms with van der Waals surface area (Å²) in [5.41, 5.74) is 2.49. The first-order valence-corrected chi connectivity index (χ1v) is 8.42. The lowest BCUT2D eigenvalue weighted by Crippen LogP contribution is -2.38. The van der Waals surface area contributed by atoms with Crippen molar-refractivity contribution in [2.24, 2.45) is 0 Å². The summed E-state index contributed by atoms with van der Waals surface area (Å²) < 4.78 is 4.96. The smallest absolute Gasteiger partial charge is 0.326 e. The van der Waals surface area contributed by atoms with E-state index in [4.69, 9.17) is 4.74 Å². The number of hydrogen-bond donors (Lipinski definition) is 2. The van der Waals surface area contributed by atoms with Crippen LogP contribution in [-0.2, 0) is 14.3 Å². The number of esters is 1. The molecule has 0 unspecified atom stereocenters. The van der Waals surface area contributed by atoms with Gasteiger partial charge < -0.3 is 15.4 Å². The predicted molar refractivity (Wildman–Crippen MR) is 98.4 cm³/mol. The normalized spacial score (nSPS) is 11.3. The SMILES string of the molecule is CCNC(=O)[C@H](C)OC(=O)CNC(=O)c1ccc(-c2ccccc2)cc1. The van der Waals surface area contributed by atoms with Crippen LogP contribution in [0.4, 0.5) is 0 Å². The molecule has 6 nitrogen and oxygen atoms in total. The Morgan fingerprint density at radius 3 is 2.15 bits per heavy atom. The number of ether oxygens (including phenoxy) is 1. The summed E-state index contributed by atoms with van der Waals surface area (Å²) in [4.78, 5) is 35.4. The van der Waals surface area contributed by atoms with Crippen LogP contribution < -0.4 is 10.6 Å². The van der Waals surface area contributed by atoms with Gasteiger partial charge in [-0.05, 0) is 37.1 Å². The zero-order valence-electron chi connectivity index (χ0n) is 14.8. The van der Waals surface area contributed by atoms with Crippen LogP contribution in [0.15, 0.2) is 54.6 Å². The Labute approximate surface area is 152 Å². The summed E-state index contributed by atoms with van der Waals surface area (Å²) >= 11 is 0. The molecule has 0 bridgehead atoms. The highest BCUT2D eigenvalue weighted by molar-refractivity contribution is 5.96. The summed E-state index contributed by atoms with van der Waals surface area (Å²) in [7, 11) is 0. The van der Waals surface area contributed by atoms with Gasteiger partial charge in [0.1, 0.15) is 6.54 Å². The third-order valence-corrected chi connectivity index (χ3v) is 3.68. The Kier molecular flexibility index (Phi) is 6.91. The number of rotatable bonds is 7. The van der Waals surface area contributed by atoms with E-state index in [1.807, 2.05) is 42.5 Å². The van der Waals surface area contributed by atoms with Crippen molar-refractivity contribution in [1.82, 2.24) is 10.6 Å². The average molecular weight is 354 g/mol. The topological polar surface area (TPSA) is 84.5 Å². The second kappa shape index (κ2) is 9.36. The molecule has 2 N–H and O–H groups in total. The van der Waals surface area contributed by atoms with E-state index in [-0.39, 0.29) is 18.4 Å². The number of carbonyl (C=O) groups excluding carboxylic acids is 3. The van der Waals surface area contributed by atoms with Crippen LogP contribution in [0.25, 0.3) is 11.1 Å². The fourth-order valence-electron chi connectivity index (χ4n) is 2.31. The molecule has 0 radical (unpaired) electrons. The average Bonchev–Trinajstić information content (AvgIpc) is 2.67. The van der Waals surface area contributed by atoms with Crippen LogP contribution >= 0.6 is 0 Å². The third kappa shape index (κ3) is 5.44. The number of amides is 2. The van der Waals surface area contributed by atoms with Crippen molar-refractivity contribution in [2.45, 2.75) is 20.0 Å². The second-order valence-electron chi connectivity index (χ2n) is 5.65. The lowest BCUT2D eigenvalue weighted by Gasteiger charge is -2.13. The predicted octanol–water partition coefficient (Wildman–Crippen LogP) is 2.15. The van der Waals surface area contributed by atoms with Gasteiger partial charge in [-0.25, -0.2) is 0 Å². The second-order valence-corrected chi connectivity index (χ2v) is 5.65. The lowest BCUT2D eigenvalue weighted by molar-refractivity contribution is -0.153. The number of hydrogen-bond acceptors (Lipinski definition) is 4. The molecule has 0 spiro atoms. The number of likely N-dealkylation sites (N-methyl/N-ethyl adjacent to an activating group) is 1. The van der Waals surface area contributed by atoms with Crippen molar-refractivity contribution in [2.75, 3.05) is 13.1 Å². The maximum atomic E-state index is 12.1. The van der Waals surface area contributed by atoms with Crippen molar-refractivity contribution in [1.29, 1.82) is 0 Å². The van der Waals surface area contributed by atoms with E-state index in [0.717, 1.165) is 11.1 Å². The fraction of sp³-hybridized carbons (Fsp3) is 0.250. The van der Waals surface area contributed by atoms with E-state index in [0.29, 0.717) is 12.1 Å². The molecule has 0 fully saturated rings. The molecule has 2 amide bonds. The minimum Gasteiger partial charge on any atom is -0.451 e. The minimum atomic E-state index is -0.899. The van der Waals surface area contributed by atoms with Gasteiger partial charge in [0.2, 0.25) is 0 Å². The molecule has 2 aromatic rings. The van der Waals surface area contributed by atoms with E-state index >= 15 is 0 Å². The van der Waals surface area contributed by atoms with Gasteiger partial charge in [-0.2, -0.15) is 0 Å². The Morgan fingerprint density at radius 2 is 1.54 bits per heavy atom. The van der Waals surface area contributed by atoms with Gasteiger partial charge in [0.05, 0.1) is 0 Å². The third-order valence-electron chi connectivity index (χ3n) is 3.68. The molecule has 0 aliphatic heterocycles. The highest BCUT2D eigenvalue weighted by Crippen LogP contribution is 2.19. The van der Waals surface area contributed by atoms with Crippen molar-refractivity contribution in [3.05, 3.63) is 60.2 Å². The lowest BCUT2D eigenvalue weighted by atomic mass is 10.0. The van der Waals surface area contributed by atoms with E-state index in [1.165, 1.54) is 6.92 Å². The molecule has 0 aromatic heterocycles. The highest BCUT2D eigenvalue weighted by Gasteiger charge is 2.17. The summed E-state index contributed by atoms with van der Waals surface area (Å²) in [6, 6.07) is 16.9. The van der Waals surface area contributed by atoms with Gasteiger partial charge in [-0.3, -0.25) is 14.4 Å². The molecule has 1 atom stereocenters. The summed E-state index contributed by atoms with van der Waals surface area (Å²) in [6.07, 6.45) is -0.899. The monoisotopic (exact) mass is 354 g/mol. The quantitative estimate of drug-likeness (QED) is 0.746. The van der Waals surface area contributed by atoms with Gasteiger partial charge >= 0.3 is 5.97 Å². The van der Waals surface area contributed by atoms with Gasteiger partial charge in [0, 0.05) is 12.1 Å². The van der Waals surface area contributed by atoms with E-state index in [1.54, 1.807) is 19.1 Å². The summed E-state index contributed by atoms with van der Waals surface area (Å²) in [6.45, 7) is 3.40. The molecule has 0 aliphatic rings. The van der Waals surface area contributed by atoms with Crippen LogP contribution in [0, 0.1) is 0 Å². The number of nitrogens with one attached hydrogen (secondary N) is 2. The summed E-state index contributed by atoms with van der Waals surface area (Å²) in [5, 5.41) is 5.05. The standard InChI is InChI=1S/C20H22N2O4/c1-3-21-19(24)14(2)26-18(23)13-22-20(25)17-11-9-16(10-12-17)15-7-5-4-6-8-15/h4-12,14H,3,13H2,1-2H3,(H,21,24)(H,22,25)/t14-/m0/s1. The molecule has 136 valence electrons. The van der Waals surface area contributed by atoms with Crippen molar-refractivity contribution in [3.63, 3.8) is 0 Å². The first-order valence-electron chi connectivity index (χ1n) is 8.42. The van der Waals surface area contributed by atoms with E-state index < -0.39 is 12.1 Å². The van der Waals surface area contributed by atoms with Crippen LogP contribution in [0.2, 0.25) is 0 Å². The molecule has 26 heavy (non-hydrogen) atoms. The maximum Gasteiger partial charge on any atom is 0.326 e. The van der Waals surface area contributed by atoms with Gasteiger partial charge in [0.25, 0.3) is 11.8 Å². The summed E-state index contributed by atoms with van der Waals surface area (Å²) in [5.74, 6) is -1.42. The van der Waals surface area contributed by atoms with Gasteiger partial charge in [-0.15, -0.1) is 0 Å². The fourth-order valence-corrected chi connectivity index (χ4v) is 2.31. The van der Waals surface area contributed by atoms with Crippen LogP contribution in [0.3, 0.4) is 0 Å². The Morgan fingerprint density at radius 1 is 0.923 bits per heavy atom. The molecule has 0 heterocycles. The molecule has 2 aromatic carbocycles. The maximum absolute atomic E-state index is 12.1. The largest absolute Gasteiger partial charge is 0.451 e. The Balaban J connectivity index is 1.86. The first kappa shape index (κ1) is 19.2. The molecule has 0 saturated heterocycles. The molecular formula is C20H22N2O4. The first-order chi connectivity index (χ1) is 12.5. The zero-order chi connectivity index (χ0) is 18.9. The molecule has 0 aliphatic carbocycles. The van der Waals surface area contributed by atoms with Crippen LogP contribution in [-0.4, -0.2) is 37.0 Å². The minimum absolute atomic E-state index is 0.303. The van der Waals surface area contributed by atoms with Crippen LogP contribution in [0.5, 0.6) is 0 Å². The molecular weight excluding hydrogens is 332 g/mol. The van der Waals surface area contributed by atoms with Gasteiger partial charge in [0.15, 0.2) is 6.10 Å². The zero-order valence-corrected chi connectivity index (χ0v) is 14.8. The van der Waals surface area contributed by atoms with E-state index in [2.05, 4.69) is 10.6 Å². The van der Waals surface area contributed by atoms with Crippen LogP contribution in [0.1, 0.15) is 24.2 Å². The van der Waals surface area contributed by atoms with Crippen molar-refractivity contribution >= 4 is 17.8 Å². The number of carbonyl (C=O) groups is 3. The Hall–Kier alpha value is -3.15. The Bertz CT molecular complexity index is 757. The van der Waals surface area contributed by atoms with Gasteiger partial charge in [-0.1, -0.05) is 42.5 Å². The molecule has 0 saturated carbocycles. The van der Waals surface area contributed by atoms with Crippen molar-refractivity contribution < 1.29 is 19.1 Å². The number of benzene rings is 2. The highest BCUT2D eigenvalue weighted by atomic mass is 16.5. The molecule has 2 rings (SSSR count).